The summed E-state index contributed by atoms with van der Waals surface area (Å²) >= 11 is 0. The average molecular weight is 287 g/mol. The fraction of sp³-hybridized carbons (Fsp3) is 0.375. The van der Waals surface area contributed by atoms with Gasteiger partial charge in [-0.2, -0.15) is 5.10 Å². The molecule has 1 aromatic heterocycles. The van der Waals surface area contributed by atoms with Gasteiger partial charge in [0.2, 0.25) is 0 Å². The van der Waals surface area contributed by atoms with Gasteiger partial charge in [0.1, 0.15) is 0 Å². The van der Waals surface area contributed by atoms with E-state index >= 15 is 0 Å². The summed E-state index contributed by atoms with van der Waals surface area (Å²) in [5.41, 5.74) is 8.76. The van der Waals surface area contributed by atoms with Crippen molar-refractivity contribution >= 4 is 11.7 Å². The Morgan fingerprint density at radius 1 is 1.29 bits per heavy atom. The lowest BCUT2D eigenvalue weighted by atomic mass is 9.87. The molecule has 0 bridgehead atoms. The fourth-order valence-electron chi connectivity index (χ4n) is 2.07. The number of benzene rings is 1. The molecular formula is C16H21N3O2. The molecule has 21 heavy (non-hydrogen) atoms. The summed E-state index contributed by atoms with van der Waals surface area (Å²) in [5, 5.41) is 4.16. The molecule has 0 saturated heterocycles. The number of rotatable bonds is 3. The van der Waals surface area contributed by atoms with Crippen molar-refractivity contribution in [2.24, 2.45) is 0 Å². The van der Waals surface area contributed by atoms with Crippen molar-refractivity contribution in [3.8, 4) is 0 Å². The number of anilines is 1. The third-order valence-corrected chi connectivity index (χ3v) is 3.33. The van der Waals surface area contributed by atoms with Crippen LogP contribution in [-0.4, -0.2) is 22.9 Å². The Bertz CT molecular complexity index is 637. The molecule has 0 aliphatic rings. The molecule has 0 spiro atoms. The number of nitrogens with two attached hydrogens (primary N) is 1. The molecule has 5 heteroatoms. The number of carbonyl (C=O) groups is 1. The third kappa shape index (κ3) is 3.42. The minimum Gasteiger partial charge on any atom is -0.464 e. The third-order valence-electron chi connectivity index (χ3n) is 3.33. The van der Waals surface area contributed by atoms with Crippen molar-refractivity contribution in [1.29, 1.82) is 0 Å². The molecular weight excluding hydrogens is 266 g/mol. The van der Waals surface area contributed by atoms with Crippen LogP contribution in [0.1, 0.15) is 42.4 Å². The maximum Gasteiger partial charge on any atom is 0.360 e. The van der Waals surface area contributed by atoms with Crippen molar-refractivity contribution in [1.82, 2.24) is 9.78 Å². The highest BCUT2D eigenvalue weighted by atomic mass is 16.5. The lowest BCUT2D eigenvalue weighted by Crippen LogP contribution is -2.11. The van der Waals surface area contributed by atoms with Gasteiger partial charge in [0.15, 0.2) is 5.69 Å². The minimum absolute atomic E-state index is 0.132. The molecule has 112 valence electrons. The molecule has 0 saturated carbocycles. The molecule has 2 N–H and O–H groups in total. The Morgan fingerprint density at radius 2 is 1.90 bits per heavy atom. The summed E-state index contributed by atoms with van der Waals surface area (Å²) in [6.45, 7) is 7.10. The van der Waals surface area contributed by atoms with Crippen molar-refractivity contribution in [3.05, 3.63) is 47.3 Å². The number of ether oxygens (including phenoxy) is 1. The first-order chi connectivity index (χ1) is 9.81. The van der Waals surface area contributed by atoms with Gasteiger partial charge in [-0.05, 0) is 16.5 Å². The van der Waals surface area contributed by atoms with Crippen LogP contribution < -0.4 is 5.73 Å². The van der Waals surface area contributed by atoms with Crippen LogP contribution in [0.5, 0.6) is 0 Å². The smallest absolute Gasteiger partial charge is 0.360 e. The van der Waals surface area contributed by atoms with E-state index in [9.17, 15) is 4.79 Å². The van der Waals surface area contributed by atoms with E-state index in [1.54, 1.807) is 10.9 Å². The summed E-state index contributed by atoms with van der Waals surface area (Å²) in [6, 6.07) is 8.36. The van der Waals surface area contributed by atoms with Gasteiger partial charge in [-0.1, -0.05) is 45.0 Å². The fourth-order valence-corrected chi connectivity index (χ4v) is 2.07. The molecule has 0 aliphatic heterocycles. The molecule has 0 unspecified atom stereocenters. The Balaban J connectivity index is 2.17. The second kappa shape index (κ2) is 5.60. The van der Waals surface area contributed by atoms with Crippen LogP contribution in [0.2, 0.25) is 0 Å². The predicted octanol–water partition coefficient (Wildman–Crippen LogP) is 2.60. The first-order valence-corrected chi connectivity index (χ1v) is 6.82. The van der Waals surface area contributed by atoms with Crippen LogP contribution in [-0.2, 0) is 16.7 Å². The molecule has 0 aliphatic carbocycles. The summed E-state index contributed by atoms with van der Waals surface area (Å²) in [7, 11) is 1.31. The van der Waals surface area contributed by atoms with Gasteiger partial charge in [0.05, 0.1) is 19.3 Å². The molecule has 2 aromatic rings. The lowest BCUT2D eigenvalue weighted by Gasteiger charge is -2.19. The van der Waals surface area contributed by atoms with Crippen molar-refractivity contribution in [2.75, 3.05) is 12.8 Å². The Morgan fingerprint density at radius 3 is 2.43 bits per heavy atom. The van der Waals surface area contributed by atoms with E-state index in [-0.39, 0.29) is 11.1 Å². The molecule has 0 amide bonds. The normalized spacial score (nSPS) is 11.4. The molecule has 0 radical (unpaired) electrons. The topological polar surface area (TPSA) is 70.1 Å². The highest BCUT2D eigenvalue weighted by Gasteiger charge is 2.16. The summed E-state index contributed by atoms with van der Waals surface area (Å²) in [4.78, 5) is 11.5. The standard InChI is InChI=1S/C16H21N3O2/c1-16(2,3)12-7-5-11(6-8-12)9-19-10-13(17)14(18-19)15(20)21-4/h5-8,10H,9,17H2,1-4H3. The Kier molecular flexibility index (Phi) is 4.02. The number of hydrogen-bond acceptors (Lipinski definition) is 4. The zero-order chi connectivity index (χ0) is 15.6. The highest BCUT2D eigenvalue weighted by molar-refractivity contribution is 5.92. The number of nitrogens with zero attached hydrogens (tertiary/aromatic N) is 2. The minimum atomic E-state index is -0.519. The van der Waals surface area contributed by atoms with Gasteiger partial charge < -0.3 is 10.5 Å². The van der Waals surface area contributed by atoms with Crippen LogP contribution in [0, 0.1) is 0 Å². The zero-order valence-corrected chi connectivity index (χ0v) is 12.9. The molecule has 0 atom stereocenters. The van der Waals surface area contributed by atoms with Crippen molar-refractivity contribution < 1.29 is 9.53 Å². The molecule has 0 fully saturated rings. The molecule has 1 heterocycles. The number of methoxy groups -OCH3 is 1. The SMILES string of the molecule is COC(=O)c1nn(Cc2ccc(C(C)(C)C)cc2)cc1N. The second-order valence-electron chi connectivity index (χ2n) is 6.07. The van der Waals surface area contributed by atoms with Crippen molar-refractivity contribution in [3.63, 3.8) is 0 Å². The maximum absolute atomic E-state index is 11.5. The second-order valence-corrected chi connectivity index (χ2v) is 6.07. The van der Waals surface area contributed by atoms with Crippen LogP contribution >= 0.6 is 0 Å². The Labute approximate surface area is 124 Å². The largest absolute Gasteiger partial charge is 0.464 e. The lowest BCUT2D eigenvalue weighted by molar-refractivity contribution is 0.0594. The number of carbonyl (C=O) groups excluding carboxylic acids is 1. The summed E-state index contributed by atoms with van der Waals surface area (Å²) in [6.07, 6.45) is 1.64. The Hall–Kier alpha value is -2.30. The van der Waals surface area contributed by atoms with E-state index in [2.05, 4.69) is 54.9 Å². The van der Waals surface area contributed by atoms with Gasteiger partial charge in [0.25, 0.3) is 0 Å². The van der Waals surface area contributed by atoms with Gasteiger partial charge in [-0.25, -0.2) is 4.79 Å². The summed E-state index contributed by atoms with van der Waals surface area (Å²) < 4.78 is 6.29. The van der Waals surface area contributed by atoms with E-state index < -0.39 is 5.97 Å². The van der Waals surface area contributed by atoms with E-state index in [0.717, 1.165) is 5.56 Å². The van der Waals surface area contributed by atoms with Crippen LogP contribution in [0.15, 0.2) is 30.5 Å². The number of nitrogen functional groups attached to an aromatic ring is 1. The quantitative estimate of drug-likeness (QED) is 0.881. The number of hydrogen-bond donors (Lipinski definition) is 1. The van der Waals surface area contributed by atoms with Crippen LogP contribution in [0.3, 0.4) is 0 Å². The maximum atomic E-state index is 11.5. The summed E-state index contributed by atoms with van der Waals surface area (Å²) in [5.74, 6) is -0.519. The molecule has 5 nitrogen and oxygen atoms in total. The first-order valence-electron chi connectivity index (χ1n) is 6.82. The van der Waals surface area contributed by atoms with E-state index in [1.165, 1.54) is 12.7 Å². The monoisotopic (exact) mass is 287 g/mol. The number of aromatic nitrogens is 2. The predicted molar refractivity (Wildman–Crippen MR) is 82.2 cm³/mol. The van der Waals surface area contributed by atoms with E-state index in [4.69, 9.17) is 5.73 Å². The van der Waals surface area contributed by atoms with Crippen LogP contribution in [0.25, 0.3) is 0 Å². The van der Waals surface area contributed by atoms with E-state index in [0.29, 0.717) is 12.2 Å². The van der Waals surface area contributed by atoms with Crippen molar-refractivity contribution in [2.45, 2.75) is 32.7 Å². The van der Waals surface area contributed by atoms with Gasteiger partial charge in [-0.15, -0.1) is 0 Å². The van der Waals surface area contributed by atoms with Crippen LogP contribution in [0.4, 0.5) is 5.69 Å². The highest BCUT2D eigenvalue weighted by Crippen LogP contribution is 2.22. The van der Waals surface area contributed by atoms with Gasteiger partial charge >= 0.3 is 5.97 Å². The van der Waals surface area contributed by atoms with Gasteiger partial charge in [0, 0.05) is 6.20 Å². The average Bonchev–Trinajstić information content (AvgIpc) is 2.78. The number of esters is 1. The van der Waals surface area contributed by atoms with E-state index in [1.807, 2.05) is 0 Å². The first kappa shape index (κ1) is 15.1. The van der Waals surface area contributed by atoms with Gasteiger partial charge in [-0.3, -0.25) is 4.68 Å². The zero-order valence-electron chi connectivity index (χ0n) is 12.9. The molecule has 1 aromatic carbocycles. The molecule has 2 rings (SSSR count).